The quantitative estimate of drug-likeness (QED) is 0.613. The fraction of sp³-hybridized carbons (Fsp3) is 0.696. The minimum atomic E-state index is -0.541. The van der Waals surface area contributed by atoms with Crippen LogP contribution in [0, 0.1) is 5.92 Å². The molecule has 8 nitrogen and oxygen atoms in total. The van der Waals surface area contributed by atoms with Crippen LogP contribution in [0.3, 0.4) is 0 Å². The van der Waals surface area contributed by atoms with Gasteiger partial charge in [-0.1, -0.05) is 25.7 Å². The van der Waals surface area contributed by atoms with Crippen LogP contribution in [-0.2, 0) is 25.6 Å². The van der Waals surface area contributed by atoms with Crippen molar-refractivity contribution in [2.24, 2.45) is 5.92 Å². The molecular formula is C23H36N4O4. The molecule has 1 saturated carbocycles. The Morgan fingerprint density at radius 1 is 1.32 bits per heavy atom. The van der Waals surface area contributed by atoms with Crippen LogP contribution in [0.4, 0.5) is 5.82 Å². The van der Waals surface area contributed by atoms with Gasteiger partial charge in [-0.15, -0.1) is 0 Å². The molecule has 1 aromatic heterocycles. The van der Waals surface area contributed by atoms with Gasteiger partial charge in [0.05, 0.1) is 24.8 Å². The Balaban J connectivity index is 1.70. The molecule has 2 amide bonds. The molecule has 8 heteroatoms. The van der Waals surface area contributed by atoms with Gasteiger partial charge in [-0.3, -0.25) is 14.3 Å². The summed E-state index contributed by atoms with van der Waals surface area (Å²) in [7, 11) is 1.66. The fourth-order valence-electron chi connectivity index (χ4n) is 4.27. The van der Waals surface area contributed by atoms with E-state index in [2.05, 4.69) is 10.4 Å². The Bertz CT molecular complexity index is 808. The molecule has 0 saturated heterocycles. The summed E-state index contributed by atoms with van der Waals surface area (Å²) in [6.07, 6.45) is 8.57. The number of nitrogens with one attached hydrogen (secondary N) is 1. The van der Waals surface area contributed by atoms with Gasteiger partial charge in [-0.2, -0.15) is 5.10 Å². The molecule has 2 aliphatic rings. The number of methoxy groups -OCH3 is 1. The Kier molecular flexibility index (Phi) is 7.41. The molecule has 1 aliphatic heterocycles. The number of amides is 2. The van der Waals surface area contributed by atoms with Crippen molar-refractivity contribution in [1.29, 1.82) is 0 Å². The third kappa shape index (κ3) is 6.32. The van der Waals surface area contributed by atoms with Crippen LogP contribution in [0.25, 0.3) is 0 Å². The summed E-state index contributed by atoms with van der Waals surface area (Å²) in [6.45, 7) is 8.71. The Labute approximate surface area is 184 Å². The number of carbonyl (C=O) groups excluding carboxylic acids is 2. The molecule has 1 aliphatic carbocycles. The maximum Gasteiger partial charge on any atom is 0.251 e. The molecule has 1 unspecified atom stereocenters. The average molecular weight is 433 g/mol. The number of ether oxygens (including phenoxy) is 2. The van der Waals surface area contributed by atoms with E-state index >= 15 is 0 Å². The van der Waals surface area contributed by atoms with Gasteiger partial charge >= 0.3 is 0 Å². The zero-order chi connectivity index (χ0) is 22.6. The maximum atomic E-state index is 13.3. The summed E-state index contributed by atoms with van der Waals surface area (Å²) in [4.78, 5) is 27.6. The van der Waals surface area contributed by atoms with Crippen molar-refractivity contribution < 1.29 is 19.1 Å². The Hall–Kier alpha value is -2.35. The van der Waals surface area contributed by atoms with Crippen molar-refractivity contribution in [3.05, 3.63) is 24.1 Å². The van der Waals surface area contributed by atoms with Crippen LogP contribution in [0.1, 0.15) is 59.8 Å². The van der Waals surface area contributed by atoms with Crippen molar-refractivity contribution in [2.75, 3.05) is 19.0 Å². The molecule has 1 N–H and O–H groups in total. The maximum absolute atomic E-state index is 13.3. The molecule has 2 heterocycles. The highest BCUT2D eigenvalue weighted by molar-refractivity contribution is 5.99. The second kappa shape index (κ2) is 9.85. The minimum Gasteiger partial charge on any atom is -0.493 e. The van der Waals surface area contributed by atoms with Crippen LogP contribution < -0.4 is 5.32 Å². The Morgan fingerprint density at radius 3 is 2.68 bits per heavy atom. The molecule has 0 radical (unpaired) electrons. The zero-order valence-corrected chi connectivity index (χ0v) is 19.4. The summed E-state index contributed by atoms with van der Waals surface area (Å²) in [5, 5.41) is 7.38. The standard InChI is InChI=1S/C23H36N4O4/c1-16(2)31-18-13-21(28)27(14-18)19(12-17-8-6-7-9-17)22(29)24-20-10-11-26(25-20)15-23(3,4)30-5/h10-11,13,16-17,19H,6-9,12,14-15H2,1-5H3,(H,24,25,29). The van der Waals surface area contributed by atoms with Gasteiger partial charge in [0.25, 0.3) is 5.91 Å². The van der Waals surface area contributed by atoms with Gasteiger partial charge in [-0.25, -0.2) is 0 Å². The molecule has 1 atom stereocenters. The highest BCUT2D eigenvalue weighted by Gasteiger charge is 2.36. The topological polar surface area (TPSA) is 85.7 Å². The predicted octanol–water partition coefficient (Wildman–Crippen LogP) is 3.35. The molecule has 0 bridgehead atoms. The van der Waals surface area contributed by atoms with Crippen LogP contribution in [0.2, 0.25) is 0 Å². The first-order valence-electron chi connectivity index (χ1n) is 11.2. The number of anilines is 1. The summed E-state index contributed by atoms with van der Waals surface area (Å²) in [5.41, 5.74) is -0.362. The lowest BCUT2D eigenvalue weighted by atomic mass is 9.96. The Morgan fingerprint density at radius 2 is 2.03 bits per heavy atom. The van der Waals surface area contributed by atoms with Gasteiger partial charge in [-0.05, 0) is 40.0 Å². The van der Waals surface area contributed by atoms with E-state index in [1.54, 1.807) is 22.8 Å². The largest absolute Gasteiger partial charge is 0.493 e. The van der Waals surface area contributed by atoms with E-state index in [1.165, 1.54) is 18.9 Å². The average Bonchev–Trinajstić information content (AvgIpc) is 3.41. The molecule has 0 aromatic carbocycles. The van der Waals surface area contributed by atoms with Crippen molar-refractivity contribution in [3.8, 4) is 0 Å². The number of hydrogen-bond donors (Lipinski definition) is 1. The van der Waals surface area contributed by atoms with Crippen molar-refractivity contribution in [2.45, 2.75) is 84.1 Å². The van der Waals surface area contributed by atoms with E-state index in [0.717, 1.165) is 12.8 Å². The summed E-state index contributed by atoms with van der Waals surface area (Å²) >= 11 is 0. The lowest BCUT2D eigenvalue weighted by Gasteiger charge is -2.29. The molecular weight excluding hydrogens is 396 g/mol. The van der Waals surface area contributed by atoms with E-state index in [-0.39, 0.29) is 23.5 Å². The van der Waals surface area contributed by atoms with Gasteiger partial charge in [0.15, 0.2) is 5.82 Å². The third-order valence-corrected chi connectivity index (χ3v) is 5.98. The number of carbonyl (C=O) groups is 2. The molecule has 1 aromatic rings. The summed E-state index contributed by atoms with van der Waals surface area (Å²) in [6, 6.07) is 1.23. The van der Waals surface area contributed by atoms with E-state index in [4.69, 9.17) is 9.47 Å². The SMILES string of the molecule is COC(C)(C)Cn1ccc(NC(=O)C(CC2CCCC2)N2CC(OC(C)C)=CC2=O)n1. The molecule has 0 spiro atoms. The van der Waals surface area contributed by atoms with E-state index in [1.807, 2.05) is 33.9 Å². The summed E-state index contributed by atoms with van der Waals surface area (Å²) < 4.78 is 12.9. The summed E-state index contributed by atoms with van der Waals surface area (Å²) in [5.74, 6) is 1.19. The van der Waals surface area contributed by atoms with Crippen LogP contribution in [0.5, 0.6) is 0 Å². The first-order valence-corrected chi connectivity index (χ1v) is 11.2. The van der Waals surface area contributed by atoms with Crippen molar-refractivity contribution >= 4 is 17.6 Å². The molecule has 3 rings (SSSR count). The zero-order valence-electron chi connectivity index (χ0n) is 19.4. The van der Waals surface area contributed by atoms with Crippen LogP contribution in [0.15, 0.2) is 24.1 Å². The van der Waals surface area contributed by atoms with E-state index in [9.17, 15) is 9.59 Å². The third-order valence-electron chi connectivity index (χ3n) is 5.98. The van der Waals surface area contributed by atoms with Gasteiger partial charge in [0, 0.05) is 25.4 Å². The number of nitrogens with zero attached hydrogens (tertiary/aromatic N) is 3. The highest BCUT2D eigenvalue weighted by atomic mass is 16.5. The van der Waals surface area contributed by atoms with Gasteiger partial charge in [0.1, 0.15) is 11.8 Å². The monoisotopic (exact) mass is 432 g/mol. The highest BCUT2D eigenvalue weighted by Crippen LogP contribution is 2.31. The predicted molar refractivity (Wildman–Crippen MR) is 118 cm³/mol. The number of hydrogen-bond acceptors (Lipinski definition) is 5. The minimum absolute atomic E-state index is 0.0126. The normalized spacial score (nSPS) is 18.6. The van der Waals surface area contributed by atoms with Crippen molar-refractivity contribution in [1.82, 2.24) is 14.7 Å². The molecule has 172 valence electrons. The number of aromatic nitrogens is 2. The first-order chi connectivity index (χ1) is 14.7. The lowest BCUT2D eigenvalue weighted by molar-refractivity contribution is -0.134. The first kappa shape index (κ1) is 23.3. The lowest BCUT2D eigenvalue weighted by Crippen LogP contribution is -2.46. The fourth-order valence-corrected chi connectivity index (χ4v) is 4.27. The number of rotatable bonds is 10. The second-order valence-electron chi connectivity index (χ2n) is 9.50. The van der Waals surface area contributed by atoms with E-state index < -0.39 is 6.04 Å². The second-order valence-corrected chi connectivity index (χ2v) is 9.50. The smallest absolute Gasteiger partial charge is 0.251 e. The van der Waals surface area contributed by atoms with E-state index in [0.29, 0.717) is 37.0 Å². The molecule has 31 heavy (non-hydrogen) atoms. The van der Waals surface area contributed by atoms with Crippen molar-refractivity contribution in [3.63, 3.8) is 0 Å². The van der Waals surface area contributed by atoms with Crippen LogP contribution >= 0.6 is 0 Å². The van der Waals surface area contributed by atoms with Gasteiger partial charge in [0.2, 0.25) is 5.91 Å². The van der Waals surface area contributed by atoms with Gasteiger partial charge < -0.3 is 19.7 Å². The molecule has 1 fully saturated rings. The van der Waals surface area contributed by atoms with Crippen LogP contribution in [-0.4, -0.2) is 57.9 Å².